The molecule has 0 saturated heterocycles. The van der Waals surface area contributed by atoms with E-state index in [1.54, 1.807) is 13.0 Å². The molecule has 224 valence electrons. The van der Waals surface area contributed by atoms with E-state index < -0.39 is 17.7 Å². The van der Waals surface area contributed by atoms with Gasteiger partial charge in [-0.2, -0.15) is 0 Å². The first-order chi connectivity index (χ1) is 21.0. The van der Waals surface area contributed by atoms with E-state index in [2.05, 4.69) is 68.3 Å². The lowest BCUT2D eigenvalue weighted by atomic mass is 9.89. The third-order valence-electron chi connectivity index (χ3n) is 8.62. The Morgan fingerprint density at radius 3 is 1.82 bits per heavy atom. The lowest BCUT2D eigenvalue weighted by molar-refractivity contribution is -0.594. The Kier molecular flexibility index (Phi) is 7.36. The van der Waals surface area contributed by atoms with Crippen molar-refractivity contribution >= 4 is 11.6 Å². The smallest absolute Gasteiger partial charge is 0.300 e. The molecule has 5 nitrogen and oxygen atoms in total. The molecule has 1 fully saturated rings. The summed E-state index contributed by atoms with van der Waals surface area (Å²) in [6, 6.07) is 24.1. The first-order valence-electron chi connectivity index (χ1n) is 14.9. The fourth-order valence-corrected chi connectivity index (χ4v) is 6.27. The van der Waals surface area contributed by atoms with E-state index in [1.165, 1.54) is 18.2 Å². The van der Waals surface area contributed by atoms with Crippen LogP contribution in [0.15, 0.2) is 78.9 Å². The Labute approximate surface area is 256 Å². The number of benzene rings is 4. The van der Waals surface area contributed by atoms with E-state index in [9.17, 15) is 18.8 Å². The van der Waals surface area contributed by atoms with Crippen LogP contribution in [0.3, 0.4) is 0 Å². The summed E-state index contributed by atoms with van der Waals surface area (Å²) in [5.41, 5.74) is 9.50. The molecule has 0 atom stereocenters. The summed E-state index contributed by atoms with van der Waals surface area (Å²) in [6.07, 6.45) is 0.974. The van der Waals surface area contributed by atoms with Gasteiger partial charge in [-0.15, -0.1) is 0 Å². The number of hydrogen-bond acceptors (Lipinski definition) is 2. The minimum Gasteiger partial charge on any atom is -0.710 e. The summed E-state index contributed by atoms with van der Waals surface area (Å²) in [6.45, 7) is 9.93. The molecule has 1 heterocycles. The van der Waals surface area contributed by atoms with Crippen molar-refractivity contribution in [2.75, 3.05) is 5.32 Å². The standard InChI is InChI=1S/C37H35F2N3O2/c1-21-9-6-10-22(2)32(21)26-17-27(33-23(3)11-7-12-24(33)4)19-28(18-26)35-40-25(5)34(42(35)44)36(43)41-31-14-8-13-30(20-31)37(38,39)29-15-16-29/h6-14,17-20,29,40H,15-16H2,1-5H3,(H,41,43). The number of carbonyl (C=O) groups is 1. The maximum absolute atomic E-state index is 14.7. The van der Waals surface area contributed by atoms with Gasteiger partial charge in [0, 0.05) is 24.1 Å². The fourth-order valence-electron chi connectivity index (χ4n) is 6.27. The van der Waals surface area contributed by atoms with E-state index >= 15 is 0 Å². The maximum Gasteiger partial charge on any atom is 0.300 e. The van der Waals surface area contributed by atoms with Gasteiger partial charge >= 0.3 is 0 Å². The Hall–Kier alpha value is -4.78. The number of alkyl halides is 2. The van der Waals surface area contributed by atoms with E-state index in [0.29, 0.717) is 28.8 Å². The van der Waals surface area contributed by atoms with Gasteiger partial charge in [0.1, 0.15) is 0 Å². The Morgan fingerprint density at radius 2 is 1.30 bits per heavy atom. The number of amides is 1. The zero-order valence-corrected chi connectivity index (χ0v) is 25.5. The summed E-state index contributed by atoms with van der Waals surface area (Å²) in [5, 5.41) is 16.5. The number of aromatic amines is 1. The van der Waals surface area contributed by atoms with Crippen LogP contribution < -0.4 is 10.0 Å². The molecule has 6 rings (SSSR count). The Bertz CT molecular complexity index is 1810. The van der Waals surface area contributed by atoms with Crippen LogP contribution in [0.25, 0.3) is 33.6 Å². The van der Waals surface area contributed by atoms with Crippen molar-refractivity contribution in [1.29, 1.82) is 0 Å². The highest BCUT2D eigenvalue weighted by Gasteiger charge is 2.48. The zero-order valence-electron chi connectivity index (χ0n) is 25.5. The van der Waals surface area contributed by atoms with Gasteiger partial charge < -0.3 is 10.5 Å². The third-order valence-corrected chi connectivity index (χ3v) is 8.62. The van der Waals surface area contributed by atoms with E-state index in [4.69, 9.17) is 0 Å². The summed E-state index contributed by atoms with van der Waals surface area (Å²) >= 11 is 0. The van der Waals surface area contributed by atoms with Crippen LogP contribution in [0.4, 0.5) is 14.5 Å². The molecule has 0 bridgehead atoms. The van der Waals surface area contributed by atoms with Crippen molar-refractivity contribution < 1.29 is 18.3 Å². The fraction of sp³-hybridized carbons (Fsp3) is 0.243. The number of nitrogens with zero attached hydrogens (tertiary/aromatic N) is 1. The molecule has 4 aromatic carbocycles. The molecule has 1 aliphatic rings. The van der Waals surface area contributed by atoms with Crippen molar-refractivity contribution in [1.82, 2.24) is 4.98 Å². The minimum absolute atomic E-state index is 0.120. The summed E-state index contributed by atoms with van der Waals surface area (Å²) in [5.74, 6) is -4.07. The third kappa shape index (κ3) is 5.27. The molecular weight excluding hydrogens is 556 g/mol. The largest absolute Gasteiger partial charge is 0.710 e. The normalized spacial score (nSPS) is 13.2. The van der Waals surface area contributed by atoms with Crippen molar-refractivity contribution in [2.24, 2.45) is 5.92 Å². The van der Waals surface area contributed by atoms with Crippen LogP contribution in [-0.4, -0.2) is 10.9 Å². The van der Waals surface area contributed by atoms with Crippen LogP contribution in [0.1, 0.15) is 56.8 Å². The Morgan fingerprint density at radius 1 is 0.795 bits per heavy atom. The monoisotopic (exact) mass is 591 g/mol. The number of H-pyrrole nitrogens is 1. The average Bonchev–Trinajstić information content (AvgIpc) is 3.78. The molecule has 0 unspecified atom stereocenters. The van der Waals surface area contributed by atoms with E-state index in [1.807, 2.05) is 24.3 Å². The number of anilines is 1. The van der Waals surface area contributed by atoms with Crippen LogP contribution in [0.2, 0.25) is 0 Å². The molecule has 0 aliphatic heterocycles. The molecule has 2 N–H and O–H groups in total. The van der Waals surface area contributed by atoms with Gasteiger partial charge in [-0.25, -0.2) is 18.5 Å². The van der Waals surface area contributed by atoms with Gasteiger partial charge in [0.15, 0.2) is 5.69 Å². The molecule has 0 radical (unpaired) electrons. The van der Waals surface area contributed by atoms with E-state index in [-0.39, 0.29) is 22.8 Å². The lowest BCUT2D eigenvalue weighted by Crippen LogP contribution is -2.36. The molecule has 1 aromatic heterocycles. The van der Waals surface area contributed by atoms with Crippen molar-refractivity contribution in [3.8, 4) is 33.6 Å². The van der Waals surface area contributed by atoms with Crippen LogP contribution in [-0.2, 0) is 5.92 Å². The number of rotatable bonds is 7. The first-order valence-corrected chi connectivity index (χ1v) is 14.9. The van der Waals surface area contributed by atoms with Gasteiger partial charge in [-0.05, 0) is 115 Å². The number of imidazole rings is 1. The number of hydrogen-bond donors (Lipinski definition) is 2. The highest BCUT2D eigenvalue weighted by molar-refractivity contribution is 6.03. The molecule has 5 aromatic rings. The van der Waals surface area contributed by atoms with Crippen molar-refractivity contribution in [3.05, 3.63) is 123 Å². The summed E-state index contributed by atoms with van der Waals surface area (Å²) in [4.78, 5) is 16.6. The predicted octanol–water partition coefficient (Wildman–Crippen LogP) is 8.95. The quantitative estimate of drug-likeness (QED) is 0.147. The lowest BCUT2D eigenvalue weighted by Gasteiger charge is -2.17. The van der Waals surface area contributed by atoms with Crippen molar-refractivity contribution in [3.63, 3.8) is 0 Å². The van der Waals surface area contributed by atoms with Crippen LogP contribution >= 0.6 is 0 Å². The molecule has 0 spiro atoms. The SMILES string of the molecule is Cc1cccc(C)c1-c1cc(-c2c(C)cccc2C)cc(-c2[nH]c(C)c(C(=O)Nc3cccc(C(F)(F)C4CC4)c3)[n+]2[O-])c1. The number of aryl methyl sites for hydroxylation is 5. The second-order valence-corrected chi connectivity index (χ2v) is 12.0. The zero-order chi connectivity index (χ0) is 31.3. The van der Waals surface area contributed by atoms with Crippen molar-refractivity contribution in [2.45, 2.75) is 53.4 Å². The molecular formula is C37H35F2N3O2. The second-order valence-electron chi connectivity index (χ2n) is 12.0. The van der Waals surface area contributed by atoms with Crippen LogP contribution in [0, 0.1) is 45.7 Å². The van der Waals surface area contributed by atoms with Gasteiger partial charge in [0.25, 0.3) is 17.7 Å². The van der Waals surface area contributed by atoms with Gasteiger partial charge in [0.2, 0.25) is 5.69 Å². The van der Waals surface area contributed by atoms with Gasteiger partial charge in [0.05, 0.1) is 5.56 Å². The molecule has 44 heavy (non-hydrogen) atoms. The van der Waals surface area contributed by atoms with Gasteiger partial charge in [-0.3, -0.25) is 4.79 Å². The number of aromatic nitrogens is 2. The number of nitrogens with one attached hydrogen (secondary N) is 2. The predicted molar refractivity (Wildman–Crippen MR) is 171 cm³/mol. The molecule has 1 amide bonds. The first kappa shape index (κ1) is 29.3. The second kappa shape index (κ2) is 11.1. The molecule has 1 aliphatic carbocycles. The maximum atomic E-state index is 14.7. The summed E-state index contributed by atoms with van der Waals surface area (Å²) < 4.78 is 30.1. The van der Waals surface area contributed by atoms with E-state index in [0.717, 1.165) is 44.5 Å². The average molecular weight is 592 g/mol. The Balaban J connectivity index is 1.43. The van der Waals surface area contributed by atoms with Crippen LogP contribution in [0.5, 0.6) is 0 Å². The number of carbonyl (C=O) groups excluding carboxylic acids is 1. The van der Waals surface area contributed by atoms with Gasteiger partial charge in [-0.1, -0.05) is 48.5 Å². The number of halogens is 2. The topological polar surface area (TPSA) is 71.8 Å². The molecule has 1 saturated carbocycles. The minimum atomic E-state index is -2.95. The highest BCUT2D eigenvalue weighted by atomic mass is 19.3. The highest BCUT2D eigenvalue weighted by Crippen LogP contribution is 2.50. The summed E-state index contributed by atoms with van der Waals surface area (Å²) in [7, 11) is 0. The molecule has 7 heteroatoms.